The molecule has 0 saturated carbocycles. The zero-order valence-electron chi connectivity index (χ0n) is 14.7. The molecule has 0 atom stereocenters. The van der Waals surface area contributed by atoms with Crippen LogP contribution in [0.2, 0.25) is 0 Å². The summed E-state index contributed by atoms with van der Waals surface area (Å²) in [6.45, 7) is 5.61. The largest absolute Gasteiger partial charge is 0.322 e. The topological polar surface area (TPSA) is 59.8 Å². The fraction of sp³-hybridized carbons (Fsp3) is 0.278. The smallest absolute Gasteiger partial charge is 0.256 e. The molecule has 5 nitrogen and oxygen atoms in total. The van der Waals surface area contributed by atoms with Crippen molar-refractivity contribution in [2.45, 2.75) is 26.7 Å². The summed E-state index contributed by atoms with van der Waals surface area (Å²) in [5.41, 5.74) is 1.93. The number of nitrogens with zero attached hydrogens (tertiary/aromatic N) is 3. The van der Waals surface area contributed by atoms with Crippen molar-refractivity contribution in [3.05, 3.63) is 52.6 Å². The van der Waals surface area contributed by atoms with Gasteiger partial charge in [-0.1, -0.05) is 13.8 Å². The van der Waals surface area contributed by atoms with Crippen LogP contribution >= 0.6 is 0 Å². The molecule has 0 aliphatic heterocycles. The van der Waals surface area contributed by atoms with Crippen LogP contribution in [0, 0.1) is 24.4 Å². The highest BCUT2D eigenvalue weighted by Gasteiger charge is 2.20. The van der Waals surface area contributed by atoms with Crippen molar-refractivity contribution in [3.63, 3.8) is 0 Å². The van der Waals surface area contributed by atoms with Crippen molar-refractivity contribution in [2.75, 3.05) is 5.32 Å². The van der Waals surface area contributed by atoms with Gasteiger partial charge in [-0.05, 0) is 18.9 Å². The first-order valence-corrected chi connectivity index (χ1v) is 7.99. The van der Waals surface area contributed by atoms with Gasteiger partial charge in [0.2, 0.25) is 0 Å². The zero-order chi connectivity index (χ0) is 19.2. The molecule has 3 rings (SSSR count). The van der Waals surface area contributed by atoms with Crippen LogP contribution in [0.25, 0.3) is 11.0 Å². The Labute approximate surface area is 147 Å². The second kappa shape index (κ2) is 6.44. The maximum absolute atomic E-state index is 13.4. The van der Waals surface area contributed by atoms with Crippen LogP contribution < -0.4 is 5.32 Å². The van der Waals surface area contributed by atoms with E-state index in [1.165, 1.54) is 0 Å². The molecule has 8 heteroatoms. The number of fused-ring (bicyclic) bond motifs is 1. The van der Waals surface area contributed by atoms with Crippen molar-refractivity contribution in [3.8, 4) is 0 Å². The number of rotatable bonds is 3. The first kappa shape index (κ1) is 17.9. The Balaban J connectivity index is 2.10. The van der Waals surface area contributed by atoms with Gasteiger partial charge in [0.1, 0.15) is 0 Å². The Kier molecular flexibility index (Phi) is 4.43. The number of halogens is 3. The number of amides is 1. The number of carbonyl (C=O) groups excluding carboxylic acids is 1. The molecule has 0 spiro atoms. The molecule has 136 valence electrons. The van der Waals surface area contributed by atoms with E-state index in [9.17, 15) is 18.0 Å². The maximum Gasteiger partial charge on any atom is 0.256 e. The van der Waals surface area contributed by atoms with Gasteiger partial charge in [-0.15, -0.1) is 0 Å². The summed E-state index contributed by atoms with van der Waals surface area (Å²) >= 11 is 0. The summed E-state index contributed by atoms with van der Waals surface area (Å²) in [5, 5.41) is 7.25. The molecule has 1 aromatic carbocycles. The van der Waals surface area contributed by atoms with E-state index in [1.807, 2.05) is 13.8 Å². The Morgan fingerprint density at radius 2 is 1.77 bits per heavy atom. The number of benzene rings is 1. The van der Waals surface area contributed by atoms with Crippen LogP contribution in [0.15, 0.2) is 18.2 Å². The maximum atomic E-state index is 13.4. The number of anilines is 1. The summed E-state index contributed by atoms with van der Waals surface area (Å²) in [5.74, 6) is -4.86. The minimum absolute atomic E-state index is 0.0573. The number of aromatic nitrogens is 3. The minimum atomic E-state index is -1.58. The van der Waals surface area contributed by atoms with Gasteiger partial charge in [0.15, 0.2) is 23.1 Å². The van der Waals surface area contributed by atoms with Gasteiger partial charge in [-0.25, -0.2) is 18.2 Å². The highest BCUT2D eigenvalue weighted by Crippen LogP contribution is 2.26. The monoisotopic (exact) mass is 362 g/mol. The Morgan fingerprint density at radius 3 is 2.35 bits per heavy atom. The lowest BCUT2D eigenvalue weighted by atomic mass is 10.0. The van der Waals surface area contributed by atoms with Gasteiger partial charge >= 0.3 is 0 Å². The van der Waals surface area contributed by atoms with E-state index in [0.717, 1.165) is 12.1 Å². The van der Waals surface area contributed by atoms with E-state index in [4.69, 9.17) is 0 Å². The third-order valence-corrected chi connectivity index (χ3v) is 4.07. The fourth-order valence-corrected chi connectivity index (χ4v) is 2.77. The predicted octanol–water partition coefficient (Wildman–Crippen LogP) is 4.07. The van der Waals surface area contributed by atoms with Crippen LogP contribution in [-0.4, -0.2) is 20.7 Å². The van der Waals surface area contributed by atoms with Crippen LogP contribution in [0.5, 0.6) is 0 Å². The fourth-order valence-electron chi connectivity index (χ4n) is 2.77. The normalized spacial score (nSPS) is 11.4. The molecule has 0 unspecified atom stereocenters. The summed E-state index contributed by atoms with van der Waals surface area (Å²) in [7, 11) is 1.72. The van der Waals surface area contributed by atoms with E-state index in [-0.39, 0.29) is 17.2 Å². The summed E-state index contributed by atoms with van der Waals surface area (Å²) in [6, 6.07) is 3.09. The predicted molar refractivity (Wildman–Crippen MR) is 91.6 cm³/mol. The minimum Gasteiger partial charge on any atom is -0.322 e. The second-order valence-corrected chi connectivity index (χ2v) is 6.37. The number of nitrogens with one attached hydrogen (secondary N) is 1. The SMILES string of the molecule is Cc1nn(C)c2nc(C(C)C)cc(C(=O)Nc3cc(F)c(F)c(F)c3)c12. The quantitative estimate of drug-likeness (QED) is 0.715. The van der Waals surface area contributed by atoms with E-state index in [1.54, 1.807) is 24.7 Å². The molecule has 1 N–H and O–H groups in total. The molecule has 0 aliphatic rings. The molecule has 1 amide bonds. The van der Waals surface area contributed by atoms with Crippen molar-refractivity contribution in [1.29, 1.82) is 0 Å². The highest BCUT2D eigenvalue weighted by molar-refractivity contribution is 6.12. The molecule has 0 bridgehead atoms. The standard InChI is InChI=1S/C18H17F3N4O/c1-8(2)14-7-11(15-9(3)24-25(4)17(15)23-14)18(26)22-10-5-12(19)16(21)13(20)6-10/h5-8H,1-4H3,(H,22,26). The number of pyridine rings is 1. The molecule has 2 aromatic heterocycles. The first-order chi connectivity index (χ1) is 12.2. The van der Waals surface area contributed by atoms with Crippen LogP contribution in [0.4, 0.5) is 18.9 Å². The molecular weight excluding hydrogens is 345 g/mol. The average molecular weight is 362 g/mol. The highest BCUT2D eigenvalue weighted by atomic mass is 19.2. The van der Waals surface area contributed by atoms with Crippen LogP contribution in [0.1, 0.15) is 41.5 Å². The molecule has 2 heterocycles. The lowest BCUT2D eigenvalue weighted by Crippen LogP contribution is -2.14. The summed E-state index contributed by atoms with van der Waals surface area (Å²) in [4.78, 5) is 17.3. The van der Waals surface area contributed by atoms with Gasteiger partial charge < -0.3 is 5.32 Å². The summed E-state index contributed by atoms with van der Waals surface area (Å²) < 4.78 is 41.5. The molecule has 0 aliphatic carbocycles. The van der Waals surface area contributed by atoms with Crippen molar-refractivity contribution < 1.29 is 18.0 Å². The number of hydrogen-bond acceptors (Lipinski definition) is 3. The molecule has 0 saturated heterocycles. The summed E-state index contributed by atoms with van der Waals surface area (Å²) in [6.07, 6.45) is 0. The van der Waals surface area contributed by atoms with Gasteiger partial charge in [0.05, 0.1) is 16.6 Å². The lowest BCUT2D eigenvalue weighted by molar-refractivity contribution is 0.102. The molecule has 3 aromatic rings. The molecular formula is C18H17F3N4O. The van der Waals surface area contributed by atoms with Crippen molar-refractivity contribution in [1.82, 2.24) is 14.8 Å². The molecule has 0 radical (unpaired) electrons. The first-order valence-electron chi connectivity index (χ1n) is 7.99. The van der Waals surface area contributed by atoms with E-state index >= 15 is 0 Å². The Hall–Kier alpha value is -2.90. The van der Waals surface area contributed by atoms with E-state index in [2.05, 4.69) is 15.4 Å². The van der Waals surface area contributed by atoms with Crippen LogP contribution in [0.3, 0.4) is 0 Å². The van der Waals surface area contributed by atoms with Gasteiger partial charge in [-0.2, -0.15) is 5.10 Å². The molecule has 26 heavy (non-hydrogen) atoms. The van der Waals surface area contributed by atoms with E-state index < -0.39 is 23.4 Å². The zero-order valence-corrected chi connectivity index (χ0v) is 14.7. The average Bonchev–Trinajstić information content (AvgIpc) is 2.86. The second-order valence-electron chi connectivity index (χ2n) is 6.37. The third kappa shape index (κ3) is 3.02. The van der Waals surface area contributed by atoms with Crippen LogP contribution in [-0.2, 0) is 7.05 Å². The van der Waals surface area contributed by atoms with Gasteiger partial charge in [-0.3, -0.25) is 9.48 Å². The van der Waals surface area contributed by atoms with Crippen molar-refractivity contribution >= 4 is 22.6 Å². The number of aryl methyl sites for hydroxylation is 2. The number of hydrogen-bond donors (Lipinski definition) is 1. The van der Waals surface area contributed by atoms with Crippen molar-refractivity contribution in [2.24, 2.45) is 7.05 Å². The molecule has 0 fully saturated rings. The number of carbonyl (C=O) groups is 1. The van der Waals surface area contributed by atoms with Gasteiger partial charge in [0, 0.05) is 30.6 Å². The Bertz CT molecular complexity index is 1000. The lowest BCUT2D eigenvalue weighted by Gasteiger charge is -2.11. The Morgan fingerprint density at radius 1 is 1.15 bits per heavy atom. The van der Waals surface area contributed by atoms with Gasteiger partial charge in [0.25, 0.3) is 5.91 Å². The third-order valence-electron chi connectivity index (χ3n) is 4.07. The van der Waals surface area contributed by atoms with E-state index in [0.29, 0.717) is 22.4 Å².